The third-order valence-electron chi connectivity index (χ3n) is 5.46. The number of piperidine rings is 1. The van der Waals surface area contributed by atoms with Crippen LogP contribution in [0.4, 0.5) is 0 Å². The fourth-order valence-electron chi connectivity index (χ4n) is 4.06. The highest BCUT2D eigenvalue weighted by Gasteiger charge is 2.23. The van der Waals surface area contributed by atoms with Crippen LogP contribution in [0.5, 0.6) is 0 Å². The van der Waals surface area contributed by atoms with Crippen molar-refractivity contribution >= 4 is 5.96 Å². The maximum absolute atomic E-state index is 5.00. The summed E-state index contributed by atoms with van der Waals surface area (Å²) in [6.45, 7) is 8.85. The number of aliphatic imine (C=N–C) groups is 1. The molecule has 0 spiro atoms. The number of rotatable bonds is 6. The van der Waals surface area contributed by atoms with E-state index in [1.165, 1.54) is 64.6 Å². The minimum atomic E-state index is 0.438. The first-order valence-corrected chi connectivity index (χ1v) is 10.3. The molecule has 146 valence electrons. The fraction of sp³-hybridized carbons (Fsp3) is 0.842. The summed E-state index contributed by atoms with van der Waals surface area (Å²) in [5, 5.41) is 10.8. The third kappa shape index (κ3) is 5.97. The Morgan fingerprint density at radius 1 is 1.19 bits per heavy atom. The van der Waals surface area contributed by atoms with Gasteiger partial charge in [-0.2, -0.15) is 4.98 Å². The first kappa shape index (κ1) is 19.1. The SMILES string of the molecule is CCNC(=NCc1noc(C)n1)NC1CCN(CC2CCCCC2)CC1. The van der Waals surface area contributed by atoms with Gasteiger partial charge in [0.05, 0.1) is 0 Å². The summed E-state index contributed by atoms with van der Waals surface area (Å²) in [5.41, 5.74) is 0. The second kappa shape index (κ2) is 9.90. The molecule has 1 aliphatic carbocycles. The normalized spacial score (nSPS) is 21.1. The molecule has 1 saturated carbocycles. The van der Waals surface area contributed by atoms with Gasteiger partial charge in [0.15, 0.2) is 11.8 Å². The van der Waals surface area contributed by atoms with Crippen LogP contribution in [-0.4, -0.2) is 53.2 Å². The lowest BCUT2D eigenvalue weighted by Gasteiger charge is -2.36. The fourth-order valence-corrected chi connectivity index (χ4v) is 4.06. The van der Waals surface area contributed by atoms with Gasteiger partial charge in [-0.1, -0.05) is 24.4 Å². The van der Waals surface area contributed by atoms with Crippen LogP contribution in [0.15, 0.2) is 9.52 Å². The summed E-state index contributed by atoms with van der Waals surface area (Å²) in [6, 6.07) is 0.488. The first-order chi connectivity index (χ1) is 12.7. The molecule has 2 heterocycles. The van der Waals surface area contributed by atoms with Crippen molar-refractivity contribution in [3.05, 3.63) is 11.7 Å². The van der Waals surface area contributed by atoms with Crippen molar-refractivity contribution in [3.63, 3.8) is 0 Å². The van der Waals surface area contributed by atoms with Crippen LogP contribution in [0.25, 0.3) is 0 Å². The van der Waals surface area contributed by atoms with Crippen molar-refractivity contribution in [1.29, 1.82) is 0 Å². The lowest BCUT2D eigenvalue weighted by Crippen LogP contribution is -2.49. The van der Waals surface area contributed by atoms with E-state index < -0.39 is 0 Å². The summed E-state index contributed by atoms with van der Waals surface area (Å²) >= 11 is 0. The van der Waals surface area contributed by atoms with E-state index in [1.54, 1.807) is 6.92 Å². The van der Waals surface area contributed by atoms with Crippen LogP contribution in [-0.2, 0) is 6.54 Å². The molecule has 1 aromatic heterocycles. The number of nitrogens with zero attached hydrogens (tertiary/aromatic N) is 4. The lowest BCUT2D eigenvalue weighted by molar-refractivity contribution is 0.160. The molecule has 2 aliphatic rings. The topological polar surface area (TPSA) is 78.6 Å². The van der Waals surface area contributed by atoms with Gasteiger partial charge in [-0.25, -0.2) is 4.99 Å². The highest BCUT2D eigenvalue weighted by molar-refractivity contribution is 5.80. The molecule has 1 aromatic rings. The van der Waals surface area contributed by atoms with Crippen LogP contribution < -0.4 is 10.6 Å². The van der Waals surface area contributed by atoms with Crippen molar-refractivity contribution in [1.82, 2.24) is 25.7 Å². The minimum absolute atomic E-state index is 0.438. The standard InChI is InChI=1S/C19H34N6O/c1-3-20-19(21-13-18-22-15(2)26-24-18)23-17-9-11-25(12-10-17)14-16-7-5-4-6-8-16/h16-17H,3-14H2,1-2H3,(H2,20,21,23). The lowest BCUT2D eigenvalue weighted by atomic mass is 9.88. The van der Waals surface area contributed by atoms with Crippen LogP contribution in [0, 0.1) is 12.8 Å². The predicted octanol–water partition coefficient (Wildman–Crippen LogP) is 2.48. The van der Waals surface area contributed by atoms with E-state index in [0.717, 1.165) is 18.4 Å². The molecule has 0 amide bonds. The van der Waals surface area contributed by atoms with Crippen molar-refractivity contribution < 1.29 is 4.52 Å². The number of hydrogen-bond acceptors (Lipinski definition) is 5. The Labute approximate surface area is 157 Å². The molecule has 0 bridgehead atoms. The Morgan fingerprint density at radius 2 is 1.96 bits per heavy atom. The summed E-state index contributed by atoms with van der Waals surface area (Å²) in [6.07, 6.45) is 9.54. The molecule has 0 unspecified atom stereocenters. The average molecular weight is 363 g/mol. The van der Waals surface area contributed by atoms with Crippen molar-refractivity contribution in [3.8, 4) is 0 Å². The van der Waals surface area contributed by atoms with Crippen LogP contribution in [0.2, 0.25) is 0 Å². The van der Waals surface area contributed by atoms with E-state index >= 15 is 0 Å². The van der Waals surface area contributed by atoms with Crippen molar-refractivity contribution in [2.75, 3.05) is 26.2 Å². The van der Waals surface area contributed by atoms with Gasteiger partial charge in [0.25, 0.3) is 0 Å². The molecule has 1 aliphatic heterocycles. The zero-order chi connectivity index (χ0) is 18.2. The molecule has 26 heavy (non-hydrogen) atoms. The van der Waals surface area contributed by atoms with Crippen LogP contribution in [0.1, 0.15) is 63.6 Å². The van der Waals surface area contributed by atoms with Crippen molar-refractivity contribution in [2.45, 2.75) is 71.4 Å². The largest absolute Gasteiger partial charge is 0.357 e. The van der Waals surface area contributed by atoms with E-state index in [0.29, 0.717) is 24.3 Å². The molecule has 3 rings (SSSR count). The van der Waals surface area contributed by atoms with E-state index in [1.807, 2.05) is 0 Å². The minimum Gasteiger partial charge on any atom is -0.357 e. The molecule has 0 aromatic carbocycles. The Balaban J connectivity index is 1.43. The molecular weight excluding hydrogens is 328 g/mol. The van der Waals surface area contributed by atoms with Gasteiger partial charge in [0, 0.05) is 39.1 Å². The summed E-state index contributed by atoms with van der Waals surface area (Å²) in [5.74, 6) is 2.99. The predicted molar refractivity (Wildman–Crippen MR) is 103 cm³/mol. The summed E-state index contributed by atoms with van der Waals surface area (Å²) < 4.78 is 5.00. The van der Waals surface area contributed by atoms with Gasteiger partial charge in [0.2, 0.25) is 5.89 Å². The molecule has 7 heteroatoms. The van der Waals surface area contributed by atoms with Gasteiger partial charge >= 0.3 is 0 Å². The van der Waals surface area contributed by atoms with E-state index in [-0.39, 0.29) is 0 Å². The van der Waals surface area contributed by atoms with Gasteiger partial charge in [-0.05, 0) is 38.5 Å². The monoisotopic (exact) mass is 362 g/mol. The van der Waals surface area contributed by atoms with E-state index in [4.69, 9.17) is 4.52 Å². The molecule has 0 radical (unpaired) electrons. The van der Waals surface area contributed by atoms with Gasteiger partial charge in [-0.15, -0.1) is 0 Å². The maximum Gasteiger partial charge on any atom is 0.223 e. The van der Waals surface area contributed by atoms with E-state index in [9.17, 15) is 0 Å². The Morgan fingerprint density at radius 3 is 2.62 bits per heavy atom. The molecule has 1 saturated heterocycles. The number of nitrogens with one attached hydrogen (secondary N) is 2. The number of likely N-dealkylation sites (tertiary alicyclic amines) is 1. The number of aryl methyl sites for hydroxylation is 1. The van der Waals surface area contributed by atoms with Gasteiger partial charge in [-0.3, -0.25) is 0 Å². The molecular formula is C19H34N6O. The first-order valence-electron chi connectivity index (χ1n) is 10.3. The second-order valence-corrected chi connectivity index (χ2v) is 7.65. The van der Waals surface area contributed by atoms with E-state index in [2.05, 4.69) is 37.6 Å². The van der Waals surface area contributed by atoms with Crippen LogP contribution >= 0.6 is 0 Å². The van der Waals surface area contributed by atoms with Gasteiger partial charge in [0.1, 0.15) is 6.54 Å². The maximum atomic E-state index is 5.00. The molecule has 7 nitrogen and oxygen atoms in total. The Kier molecular flexibility index (Phi) is 7.29. The second-order valence-electron chi connectivity index (χ2n) is 7.65. The quantitative estimate of drug-likeness (QED) is 0.598. The number of aromatic nitrogens is 2. The van der Waals surface area contributed by atoms with Crippen molar-refractivity contribution in [2.24, 2.45) is 10.9 Å². The highest BCUT2D eigenvalue weighted by atomic mass is 16.5. The third-order valence-corrected chi connectivity index (χ3v) is 5.46. The zero-order valence-corrected chi connectivity index (χ0v) is 16.3. The van der Waals surface area contributed by atoms with Gasteiger partial charge < -0.3 is 20.1 Å². The smallest absolute Gasteiger partial charge is 0.223 e. The molecule has 2 fully saturated rings. The summed E-state index contributed by atoms with van der Waals surface area (Å²) in [7, 11) is 0. The van der Waals surface area contributed by atoms with Crippen LogP contribution in [0.3, 0.4) is 0 Å². The highest BCUT2D eigenvalue weighted by Crippen LogP contribution is 2.25. The average Bonchev–Trinajstić information content (AvgIpc) is 3.08. The number of hydrogen-bond donors (Lipinski definition) is 2. The molecule has 0 atom stereocenters. The Bertz CT molecular complexity index is 558. The molecule has 2 N–H and O–H groups in total. The zero-order valence-electron chi connectivity index (χ0n) is 16.3. The number of guanidine groups is 1. The Hall–Kier alpha value is -1.63. The summed E-state index contributed by atoms with van der Waals surface area (Å²) in [4.78, 5) is 11.5.